The van der Waals surface area contributed by atoms with Gasteiger partial charge < -0.3 is 10.2 Å². The first-order chi connectivity index (χ1) is 17.5. The molecule has 40 heavy (non-hydrogen) atoms. The van der Waals surface area contributed by atoms with E-state index in [0.717, 1.165) is 18.2 Å². The number of rotatable bonds is 5. The lowest BCUT2D eigenvalue weighted by atomic mass is 9.74. The van der Waals surface area contributed by atoms with Gasteiger partial charge in [0.1, 0.15) is 0 Å². The van der Waals surface area contributed by atoms with E-state index in [-0.39, 0.29) is 17.5 Å². The van der Waals surface area contributed by atoms with Crippen LogP contribution in [0.15, 0.2) is 42.5 Å². The molecule has 0 radical (unpaired) electrons. The first-order valence-corrected chi connectivity index (χ1v) is 11.5. The fourth-order valence-corrected chi connectivity index (χ4v) is 4.38. The standard InChI is InChI=1S/C26H26F12O2/c1-19(2,3)17-11-6-14(12-18(17)22(40,25(33,34)35)26(36,37)38)13-20(4,5)15-7-9-16(10-8-15)21(39,23(27,28)29)24(30,31)32/h6-12,39-40H,13H2,1-5H3. The fourth-order valence-electron chi connectivity index (χ4n) is 4.38. The molecule has 226 valence electrons. The van der Waals surface area contributed by atoms with Crippen molar-refractivity contribution >= 4 is 0 Å². The maximum Gasteiger partial charge on any atom is 0.430 e. The van der Waals surface area contributed by atoms with Crippen molar-refractivity contribution in [3.8, 4) is 0 Å². The normalized spacial score (nSPS) is 15.0. The van der Waals surface area contributed by atoms with Gasteiger partial charge in [0.25, 0.3) is 11.2 Å². The van der Waals surface area contributed by atoms with E-state index in [4.69, 9.17) is 0 Å². The van der Waals surface area contributed by atoms with Crippen LogP contribution in [0.5, 0.6) is 0 Å². The average Bonchev–Trinajstić information content (AvgIpc) is 2.73. The maximum absolute atomic E-state index is 13.7. The van der Waals surface area contributed by atoms with Crippen LogP contribution >= 0.6 is 0 Å². The molecule has 14 heteroatoms. The third kappa shape index (κ3) is 5.79. The molecule has 0 fully saturated rings. The third-order valence-electron chi connectivity index (χ3n) is 6.65. The third-order valence-corrected chi connectivity index (χ3v) is 6.65. The Morgan fingerprint density at radius 3 is 1.23 bits per heavy atom. The molecular weight excluding hydrogens is 572 g/mol. The van der Waals surface area contributed by atoms with Crippen molar-refractivity contribution < 1.29 is 62.9 Å². The van der Waals surface area contributed by atoms with E-state index in [1.807, 2.05) is 0 Å². The lowest BCUT2D eigenvalue weighted by Crippen LogP contribution is -2.55. The summed E-state index contributed by atoms with van der Waals surface area (Å²) in [5.41, 5.74) is -16.5. The first-order valence-electron chi connectivity index (χ1n) is 11.5. The van der Waals surface area contributed by atoms with Gasteiger partial charge in [0, 0.05) is 11.1 Å². The Hall–Kier alpha value is -2.48. The maximum atomic E-state index is 13.7. The topological polar surface area (TPSA) is 40.5 Å². The largest absolute Gasteiger partial charge is 0.430 e. The molecule has 0 aliphatic carbocycles. The Bertz CT molecular complexity index is 1170. The monoisotopic (exact) mass is 598 g/mol. The molecular formula is C26H26F12O2. The van der Waals surface area contributed by atoms with Crippen molar-refractivity contribution in [2.75, 3.05) is 0 Å². The minimum atomic E-state index is -6.16. The highest BCUT2D eigenvalue weighted by molar-refractivity contribution is 5.44. The number of halogens is 12. The summed E-state index contributed by atoms with van der Waals surface area (Å²) in [4.78, 5) is 0. The Labute approximate surface area is 221 Å². The summed E-state index contributed by atoms with van der Waals surface area (Å²) >= 11 is 0. The molecule has 0 unspecified atom stereocenters. The minimum Gasteiger partial charge on any atom is -0.369 e. The van der Waals surface area contributed by atoms with Crippen LogP contribution in [0.3, 0.4) is 0 Å². The summed E-state index contributed by atoms with van der Waals surface area (Å²) in [6, 6.07) is 5.21. The van der Waals surface area contributed by atoms with E-state index >= 15 is 0 Å². The number of benzene rings is 2. The van der Waals surface area contributed by atoms with Crippen LogP contribution in [-0.4, -0.2) is 34.9 Å². The summed E-state index contributed by atoms with van der Waals surface area (Å²) in [6.07, 6.45) is -24.9. The zero-order valence-electron chi connectivity index (χ0n) is 21.7. The van der Waals surface area contributed by atoms with E-state index in [0.29, 0.717) is 18.2 Å². The van der Waals surface area contributed by atoms with E-state index in [9.17, 15) is 62.9 Å². The van der Waals surface area contributed by atoms with E-state index < -0.39 is 63.4 Å². The second-order valence-electron chi connectivity index (χ2n) is 11.2. The van der Waals surface area contributed by atoms with E-state index in [2.05, 4.69) is 0 Å². The molecule has 2 aromatic rings. The van der Waals surface area contributed by atoms with Gasteiger partial charge in [-0.15, -0.1) is 0 Å². The van der Waals surface area contributed by atoms with Crippen LogP contribution in [-0.2, 0) is 28.5 Å². The summed E-state index contributed by atoms with van der Waals surface area (Å²) in [5.74, 6) is 0. The van der Waals surface area contributed by atoms with Crippen LogP contribution in [0, 0.1) is 0 Å². The summed E-state index contributed by atoms with van der Waals surface area (Å²) in [5, 5.41) is 19.7. The zero-order chi connectivity index (χ0) is 31.5. The molecule has 0 aliphatic heterocycles. The fraction of sp³-hybridized carbons (Fsp3) is 0.538. The average molecular weight is 598 g/mol. The van der Waals surface area contributed by atoms with Crippen LogP contribution in [0.25, 0.3) is 0 Å². The van der Waals surface area contributed by atoms with E-state index in [1.54, 1.807) is 0 Å². The van der Waals surface area contributed by atoms with Crippen LogP contribution < -0.4 is 0 Å². The highest BCUT2D eigenvalue weighted by atomic mass is 19.4. The molecule has 0 bridgehead atoms. The van der Waals surface area contributed by atoms with Gasteiger partial charge in [0.15, 0.2) is 0 Å². The second kappa shape index (κ2) is 9.81. The van der Waals surface area contributed by atoms with Gasteiger partial charge in [-0.25, -0.2) is 0 Å². The van der Waals surface area contributed by atoms with Gasteiger partial charge >= 0.3 is 24.7 Å². The molecule has 0 aromatic heterocycles. The SMILES string of the molecule is CC(C)(C)c1ccc(CC(C)(C)c2ccc(C(O)(C(F)(F)F)C(F)(F)F)cc2)cc1C(O)(C(F)(F)F)C(F)(F)F. The van der Waals surface area contributed by atoms with Crippen molar-refractivity contribution in [3.05, 3.63) is 70.3 Å². The molecule has 0 atom stereocenters. The van der Waals surface area contributed by atoms with Gasteiger partial charge in [0.2, 0.25) is 0 Å². The Morgan fingerprint density at radius 2 is 0.875 bits per heavy atom. The Morgan fingerprint density at radius 1 is 0.500 bits per heavy atom. The van der Waals surface area contributed by atoms with Crippen molar-refractivity contribution in [1.29, 1.82) is 0 Å². The smallest absolute Gasteiger partial charge is 0.369 e. The highest BCUT2D eigenvalue weighted by Gasteiger charge is 2.73. The van der Waals surface area contributed by atoms with Crippen LogP contribution in [0.4, 0.5) is 52.7 Å². The van der Waals surface area contributed by atoms with Crippen LogP contribution in [0.2, 0.25) is 0 Å². The molecule has 0 amide bonds. The number of aliphatic hydroxyl groups is 2. The number of hydrogen-bond acceptors (Lipinski definition) is 2. The van der Waals surface area contributed by atoms with Crippen LogP contribution in [0.1, 0.15) is 62.4 Å². The molecule has 2 N–H and O–H groups in total. The van der Waals surface area contributed by atoms with Crippen molar-refractivity contribution in [2.45, 2.75) is 87.8 Å². The van der Waals surface area contributed by atoms with Gasteiger partial charge in [0.05, 0.1) is 0 Å². The van der Waals surface area contributed by atoms with Crippen molar-refractivity contribution in [2.24, 2.45) is 0 Å². The van der Waals surface area contributed by atoms with Gasteiger partial charge in [-0.3, -0.25) is 0 Å². The van der Waals surface area contributed by atoms with E-state index in [1.165, 1.54) is 40.7 Å². The lowest BCUT2D eigenvalue weighted by molar-refractivity contribution is -0.377. The molecule has 0 spiro atoms. The summed E-state index contributed by atoms with van der Waals surface area (Å²) in [6.45, 7) is 6.82. The Balaban J connectivity index is 2.64. The molecule has 0 aliphatic rings. The molecule has 0 heterocycles. The molecule has 0 saturated heterocycles. The quantitative estimate of drug-likeness (QED) is 0.342. The molecule has 0 saturated carbocycles. The zero-order valence-corrected chi connectivity index (χ0v) is 21.7. The van der Waals surface area contributed by atoms with Gasteiger partial charge in [-0.05, 0) is 33.9 Å². The van der Waals surface area contributed by atoms with Gasteiger partial charge in [-0.1, -0.05) is 77.1 Å². The summed E-state index contributed by atoms with van der Waals surface area (Å²) in [7, 11) is 0. The second-order valence-corrected chi connectivity index (χ2v) is 11.2. The Kier molecular flexibility index (Phi) is 8.27. The van der Waals surface area contributed by atoms with Crippen molar-refractivity contribution in [1.82, 2.24) is 0 Å². The first kappa shape index (κ1) is 33.7. The highest BCUT2D eigenvalue weighted by Crippen LogP contribution is 2.53. The predicted octanol–water partition coefficient (Wildman–Crippen LogP) is 8.13. The summed E-state index contributed by atoms with van der Waals surface area (Å²) < 4.78 is 161. The molecule has 2 rings (SSSR count). The predicted molar refractivity (Wildman–Crippen MR) is 120 cm³/mol. The minimum absolute atomic E-state index is 0.0614. The lowest BCUT2D eigenvalue weighted by Gasteiger charge is -2.37. The molecule has 2 aromatic carbocycles. The molecule has 2 nitrogen and oxygen atoms in total. The van der Waals surface area contributed by atoms with Crippen molar-refractivity contribution in [3.63, 3.8) is 0 Å². The number of hydrogen-bond donors (Lipinski definition) is 2. The van der Waals surface area contributed by atoms with Gasteiger partial charge in [-0.2, -0.15) is 52.7 Å². The number of alkyl halides is 12.